The highest BCUT2D eigenvalue weighted by Gasteiger charge is 2.22. The van der Waals surface area contributed by atoms with Crippen LogP contribution in [-0.2, 0) is 0 Å². The molecule has 2 aromatic carbocycles. The molecule has 0 aliphatic heterocycles. The topological polar surface area (TPSA) is 29.9 Å². The number of hydrogen-bond acceptors (Lipinski definition) is 2. The second kappa shape index (κ2) is 8.63. The smallest absolute Gasteiger partial charge is 0.128 e. The van der Waals surface area contributed by atoms with Crippen molar-refractivity contribution >= 4 is 16.7 Å². The van der Waals surface area contributed by atoms with Crippen LogP contribution in [0.1, 0.15) is 75.5 Å². The Bertz CT molecular complexity index is 1060. The number of nitrogens with zero attached hydrogens (tertiary/aromatic N) is 2. The Kier molecular flexibility index (Phi) is 5.94. The van der Waals surface area contributed by atoms with E-state index in [0.29, 0.717) is 11.6 Å². The van der Waals surface area contributed by atoms with Crippen molar-refractivity contribution in [3.8, 4) is 11.1 Å². The first-order chi connectivity index (χ1) is 14.5. The van der Waals surface area contributed by atoms with Crippen LogP contribution in [0.5, 0.6) is 0 Å². The largest absolute Gasteiger partial charge is 0.362 e. The van der Waals surface area contributed by atoms with Crippen LogP contribution >= 0.6 is 0 Å². The fourth-order valence-electron chi connectivity index (χ4n) is 4.86. The lowest BCUT2D eigenvalue weighted by atomic mass is 9.86. The average Bonchev–Trinajstić information content (AvgIpc) is 3.20. The number of halogens is 1. The van der Waals surface area contributed by atoms with Gasteiger partial charge in [-0.3, -0.25) is 0 Å². The van der Waals surface area contributed by atoms with Gasteiger partial charge in [-0.25, -0.2) is 9.37 Å². The molecular formula is C26H32FN3. The van der Waals surface area contributed by atoms with Crippen molar-refractivity contribution in [2.24, 2.45) is 0 Å². The van der Waals surface area contributed by atoms with Gasteiger partial charge in [0, 0.05) is 17.3 Å². The average molecular weight is 406 g/mol. The third kappa shape index (κ3) is 3.64. The molecule has 1 atom stereocenters. The molecule has 0 amide bonds. The van der Waals surface area contributed by atoms with E-state index < -0.39 is 0 Å². The molecule has 0 saturated heterocycles. The van der Waals surface area contributed by atoms with Crippen LogP contribution in [0.25, 0.3) is 22.2 Å². The molecular weight excluding hydrogens is 373 g/mol. The third-order valence-electron chi connectivity index (χ3n) is 6.77. The van der Waals surface area contributed by atoms with Crippen molar-refractivity contribution in [1.82, 2.24) is 9.55 Å². The lowest BCUT2D eigenvalue weighted by Crippen LogP contribution is -2.11. The fraction of sp³-hybridized carbons (Fsp3) is 0.423. The molecule has 1 aromatic heterocycles. The number of hydrogen-bond donors (Lipinski definition) is 1. The SMILES string of the molecule is C=CNc1c(C)c(F)cc(-c2ccc3c(c2)ncn3C2CCCCC2)c1C(C)CC. The molecule has 1 aliphatic carbocycles. The van der Waals surface area contributed by atoms with Gasteiger partial charge in [-0.15, -0.1) is 0 Å². The van der Waals surface area contributed by atoms with E-state index in [4.69, 9.17) is 4.98 Å². The Labute approximate surface area is 179 Å². The van der Waals surface area contributed by atoms with Gasteiger partial charge >= 0.3 is 0 Å². The van der Waals surface area contributed by atoms with E-state index in [1.165, 1.54) is 37.6 Å². The van der Waals surface area contributed by atoms with E-state index in [1.54, 1.807) is 12.3 Å². The van der Waals surface area contributed by atoms with Gasteiger partial charge in [0.1, 0.15) is 5.82 Å². The van der Waals surface area contributed by atoms with E-state index in [1.807, 2.05) is 13.3 Å². The lowest BCUT2D eigenvalue weighted by molar-refractivity contribution is 0.359. The molecule has 3 nitrogen and oxygen atoms in total. The number of imidazole rings is 1. The maximum atomic E-state index is 14.9. The van der Waals surface area contributed by atoms with Crippen LogP contribution in [0, 0.1) is 12.7 Å². The summed E-state index contributed by atoms with van der Waals surface area (Å²) in [7, 11) is 0. The van der Waals surface area contributed by atoms with Gasteiger partial charge in [0.15, 0.2) is 0 Å². The highest BCUT2D eigenvalue weighted by atomic mass is 19.1. The Balaban J connectivity index is 1.84. The Morgan fingerprint density at radius 3 is 2.73 bits per heavy atom. The second-order valence-electron chi connectivity index (χ2n) is 8.62. The molecule has 1 saturated carbocycles. The number of rotatable bonds is 6. The minimum absolute atomic E-state index is 0.200. The van der Waals surface area contributed by atoms with Crippen molar-refractivity contribution < 1.29 is 4.39 Å². The molecule has 4 heteroatoms. The summed E-state index contributed by atoms with van der Waals surface area (Å²) in [6, 6.07) is 8.62. The number of benzene rings is 2. The van der Waals surface area contributed by atoms with E-state index in [9.17, 15) is 4.39 Å². The highest BCUT2D eigenvalue weighted by Crippen LogP contribution is 2.41. The molecule has 158 valence electrons. The summed E-state index contributed by atoms with van der Waals surface area (Å²) in [4.78, 5) is 4.71. The van der Waals surface area contributed by atoms with E-state index in [0.717, 1.165) is 34.3 Å². The molecule has 0 spiro atoms. The summed E-state index contributed by atoms with van der Waals surface area (Å²) in [5.74, 6) is 0.0893. The molecule has 1 heterocycles. The van der Waals surface area contributed by atoms with Gasteiger partial charge in [-0.1, -0.05) is 45.8 Å². The summed E-state index contributed by atoms with van der Waals surface area (Å²) >= 11 is 0. The van der Waals surface area contributed by atoms with Crippen LogP contribution in [-0.4, -0.2) is 9.55 Å². The zero-order valence-electron chi connectivity index (χ0n) is 18.3. The number of aromatic nitrogens is 2. The molecule has 1 N–H and O–H groups in total. The first-order valence-electron chi connectivity index (χ1n) is 11.2. The highest BCUT2D eigenvalue weighted by molar-refractivity contribution is 5.85. The Hall–Kier alpha value is -2.62. The molecule has 0 radical (unpaired) electrons. The van der Waals surface area contributed by atoms with Crippen molar-refractivity contribution in [3.63, 3.8) is 0 Å². The van der Waals surface area contributed by atoms with E-state index >= 15 is 0 Å². The van der Waals surface area contributed by atoms with Crippen molar-refractivity contribution in [2.75, 3.05) is 5.32 Å². The van der Waals surface area contributed by atoms with E-state index in [2.05, 4.69) is 48.5 Å². The number of anilines is 1. The van der Waals surface area contributed by atoms with Crippen LogP contribution in [0.3, 0.4) is 0 Å². The zero-order valence-corrected chi connectivity index (χ0v) is 18.3. The number of nitrogens with one attached hydrogen (secondary N) is 1. The van der Waals surface area contributed by atoms with Crippen molar-refractivity contribution in [1.29, 1.82) is 0 Å². The zero-order chi connectivity index (χ0) is 21.3. The van der Waals surface area contributed by atoms with Crippen molar-refractivity contribution in [2.45, 2.75) is 71.3 Å². The Morgan fingerprint density at radius 2 is 2.03 bits per heavy atom. The van der Waals surface area contributed by atoms with Gasteiger partial charge in [0.05, 0.1) is 17.4 Å². The van der Waals surface area contributed by atoms with Crippen LogP contribution in [0.15, 0.2) is 43.4 Å². The number of fused-ring (bicyclic) bond motifs is 1. The quantitative estimate of drug-likeness (QED) is 0.455. The minimum atomic E-state index is -0.200. The third-order valence-corrected chi connectivity index (χ3v) is 6.77. The summed E-state index contributed by atoms with van der Waals surface area (Å²) in [6.45, 7) is 9.98. The van der Waals surface area contributed by atoms with Crippen LogP contribution in [0.4, 0.5) is 10.1 Å². The molecule has 4 rings (SSSR count). The molecule has 1 fully saturated rings. The first-order valence-corrected chi connectivity index (χ1v) is 11.2. The summed E-state index contributed by atoms with van der Waals surface area (Å²) in [5.41, 5.74) is 6.71. The van der Waals surface area contributed by atoms with Crippen molar-refractivity contribution in [3.05, 3.63) is 60.3 Å². The van der Waals surface area contributed by atoms with Gasteiger partial charge < -0.3 is 9.88 Å². The standard InChI is InChI=1S/C26H32FN3/c1-5-17(3)25-21(15-22(27)18(4)26(25)28-6-2)19-12-13-24-23(14-19)29-16-30(24)20-10-8-7-9-11-20/h6,12-17,20,28H,2,5,7-11H2,1,3-4H3. The van der Waals surface area contributed by atoms with Crippen LogP contribution < -0.4 is 5.32 Å². The molecule has 1 unspecified atom stereocenters. The first kappa shape index (κ1) is 20.6. The van der Waals surface area contributed by atoms with Gasteiger partial charge in [-0.05, 0) is 73.2 Å². The normalized spacial score (nSPS) is 16.0. The fourth-order valence-corrected chi connectivity index (χ4v) is 4.86. The monoisotopic (exact) mass is 405 g/mol. The molecule has 0 bridgehead atoms. The maximum Gasteiger partial charge on any atom is 0.128 e. The van der Waals surface area contributed by atoms with Gasteiger partial charge in [-0.2, -0.15) is 0 Å². The molecule has 3 aromatic rings. The minimum Gasteiger partial charge on any atom is -0.362 e. The van der Waals surface area contributed by atoms with Gasteiger partial charge in [0.25, 0.3) is 0 Å². The summed E-state index contributed by atoms with van der Waals surface area (Å²) in [5, 5.41) is 3.20. The molecule has 30 heavy (non-hydrogen) atoms. The molecule has 1 aliphatic rings. The van der Waals surface area contributed by atoms with E-state index in [-0.39, 0.29) is 11.7 Å². The van der Waals surface area contributed by atoms with Gasteiger partial charge in [0.2, 0.25) is 0 Å². The second-order valence-corrected chi connectivity index (χ2v) is 8.62. The predicted octanol–water partition coefficient (Wildman–Crippen LogP) is 7.72. The Morgan fingerprint density at radius 1 is 1.27 bits per heavy atom. The summed E-state index contributed by atoms with van der Waals surface area (Å²) < 4.78 is 17.2. The predicted molar refractivity (Wildman–Crippen MR) is 125 cm³/mol. The van der Waals surface area contributed by atoms with Crippen LogP contribution in [0.2, 0.25) is 0 Å². The lowest BCUT2D eigenvalue weighted by Gasteiger charge is -2.24. The summed E-state index contributed by atoms with van der Waals surface area (Å²) in [6.07, 6.45) is 11.0. The maximum absolute atomic E-state index is 14.9.